The number of nitrogens with one attached hydrogen (secondary N) is 1. The molecular formula is C25H20BrIN2O4. The van der Waals surface area contributed by atoms with Gasteiger partial charge in [-0.3, -0.25) is 4.79 Å². The molecule has 0 spiro atoms. The average Bonchev–Trinajstić information content (AvgIpc) is 3.23. The van der Waals surface area contributed by atoms with Gasteiger partial charge in [0, 0.05) is 5.39 Å². The van der Waals surface area contributed by atoms with Gasteiger partial charge in [-0.2, -0.15) is 5.10 Å². The van der Waals surface area contributed by atoms with E-state index in [2.05, 4.69) is 49.0 Å². The molecule has 4 aromatic rings. The summed E-state index contributed by atoms with van der Waals surface area (Å²) in [6, 6.07) is 20.9. The van der Waals surface area contributed by atoms with E-state index in [1.54, 1.807) is 18.3 Å². The number of hydrazone groups is 1. The van der Waals surface area contributed by atoms with Gasteiger partial charge >= 0.3 is 5.91 Å². The van der Waals surface area contributed by atoms with Crippen LogP contribution in [-0.4, -0.2) is 18.7 Å². The van der Waals surface area contributed by atoms with Crippen molar-refractivity contribution in [2.45, 2.75) is 13.5 Å². The zero-order valence-electron chi connectivity index (χ0n) is 17.7. The predicted molar refractivity (Wildman–Crippen MR) is 140 cm³/mol. The summed E-state index contributed by atoms with van der Waals surface area (Å²) >= 11 is 5.78. The molecule has 0 saturated carbocycles. The van der Waals surface area contributed by atoms with Crippen molar-refractivity contribution in [1.29, 1.82) is 0 Å². The molecule has 1 amide bonds. The standard InChI is InChI=1S/C25H20BrIN2O4/c1-2-31-19-8-9-22-18(12-19)13-23(33-22)25(30)29-28-14-17-10-20(26)24(21(27)11-17)32-15-16-6-4-3-5-7-16/h3-14H,2,15H2,1H3,(H,29,30)/b28-14+. The van der Waals surface area contributed by atoms with Crippen molar-refractivity contribution in [1.82, 2.24) is 5.43 Å². The first-order valence-electron chi connectivity index (χ1n) is 10.2. The maximum atomic E-state index is 12.4. The van der Waals surface area contributed by atoms with Crippen molar-refractivity contribution in [3.05, 3.63) is 91.7 Å². The maximum Gasteiger partial charge on any atom is 0.307 e. The molecule has 3 aromatic carbocycles. The highest BCUT2D eigenvalue weighted by atomic mass is 127. The topological polar surface area (TPSA) is 73.1 Å². The van der Waals surface area contributed by atoms with E-state index in [9.17, 15) is 4.79 Å². The minimum atomic E-state index is -0.433. The third-order valence-corrected chi connectivity index (χ3v) is 6.04. The van der Waals surface area contributed by atoms with Gasteiger partial charge in [-0.15, -0.1) is 0 Å². The first-order valence-corrected chi connectivity index (χ1v) is 12.1. The highest BCUT2D eigenvalue weighted by molar-refractivity contribution is 14.1. The highest BCUT2D eigenvalue weighted by Crippen LogP contribution is 2.32. The van der Waals surface area contributed by atoms with Crippen molar-refractivity contribution >= 4 is 61.6 Å². The predicted octanol–water partition coefficient (Wildman–Crippen LogP) is 6.54. The minimum absolute atomic E-state index is 0.177. The molecule has 0 aliphatic heterocycles. The zero-order valence-corrected chi connectivity index (χ0v) is 21.4. The molecule has 33 heavy (non-hydrogen) atoms. The van der Waals surface area contributed by atoms with Crippen LogP contribution < -0.4 is 14.9 Å². The number of hydrogen-bond acceptors (Lipinski definition) is 5. The third-order valence-electron chi connectivity index (χ3n) is 4.65. The minimum Gasteiger partial charge on any atom is -0.494 e. The number of carbonyl (C=O) groups excluding carboxylic acids is 1. The molecule has 6 nitrogen and oxygen atoms in total. The second kappa shape index (κ2) is 10.8. The Bertz CT molecular complexity index is 1280. The summed E-state index contributed by atoms with van der Waals surface area (Å²) in [4.78, 5) is 12.4. The zero-order chi connectivity index (χ0) is 23.2. The van der Waals surface area contributed by atoms with E-state index in [-0.39, 0.29) is 5.76 Å². The number of benzene rings is 3. The normalized spacial score (nSPS) is 11.1. The summed E-state index contributed by atoms with van der Waals surface area (Å²) in [6.45, 7) is 2.96. The summed E-state index contributed by atoms with van der Waals surface area (Å²) in [5.74, 6) is 1.23. The number of ether oxygens (including phenoxy) is 2. The van der Waals surface area contributed by atoms with Crippen molar-refractivity contribution < 1.29 is 18.7 Å². The van der Waals surface area contributed by atoms with Crippen LogP contribution in [0.5, 0.6) is 11.5 Å². The number of hydrogen-bond donors (Lipinski definition) is 1. The number of furan rings is 1. The number of halogens is 2. The van der Waals surface area contributed by atoms with Crippen LogP contribution in [0.3, 0.4) is 0 Å². The van der Waals surface area contributed by atoms with E-state index in [1.807, 2.05) is 61.5 Å². The second-order valence-corrected chi connectivity index (χ2v) is 9.05. The largest absolute Gasteiger partial charge is 0.494 e. The lowest BCUT2D eigenvalue weighted by atomic mass is 10.2. The molecule has 4 rings (SSSR count). The fraction of sp³-hybridized carbons (Fsp3) is 0.120. The van der Waals surface area contributed by atoms with Crippen LogP contribution in [-0.2, 0) is 6.61 Å². The maximum absolute atomic E-state index is 12.4. The molecule has 1 N–H and O–H groups in total. The van der Waals surface area contributed by atoms with Crippen LogP contribution >= 0.6 is 38.5 Å². The Labute approximate surface area is 213 Å². The van der Waals surface area contributed by atoms with E-state index in [4.69, 9.17) is 13.9 Å². The lowest BCUT2D eigenvalue weighted by Crippen LogP contribution is -2.16. The first kappa shape index (κ1) is 23.3. The van der Waals surface area contributed by atoms with Gasteiger partial charge in [-0.25, -0.2) is 5.43 Å². The second-order valence-electron chi connectivity index (χ2n) is 7.03. The van der Waals surface area contributed by atoms with Gasteiger partial charge in [0.15, 0.2) is 5.76 Å². The lowest BCUT2D eigenvalue weighted by molar-refractivity contribution is 0.0929. The van der Waals surface area contributed by atoms with Crippen molar-refractivity contribution in [3.63, 3.8) is 0 Å². The Kier molecular flexibility index (Phi) is 7.66. The molecule has 0 bridgehead atoms. The molecule has 168 valence electrons. The van der Waals surface area contributed by atoms with Gasteiger partial charge in [0.1, 0.15) is 23.7 Å². The summed E-state index contributed by atoms with van der Waals surface area (Å²) in [7, 11) is 0. The lowest BCUT2D eigenvalue weighted by Gasteiger charge is -2.11. The van der Waals surface area contributed by atoms with Gasteiger partial charge in [0.2, 0.25) is 0 Å². The summed E-state index contributed by atoms with van der Waals surface area (Å²) in [5.41, 5.74) is 5.01. The number of rotatable bonds is 8. The molecule has 0 saturated heterocycles. The van der Waals surface area contributed by atoms with E-state index >= 15 is 0 Å². The molecule has 1 heterocycles. The Morgan fingerprint density at radius 1 is 1.12 bits per heavy atom. The van der Waals surface area contributed by atoms with Crippen molar-refractivity contribution in [3.8, 4) is 11.5 Å². The number of fused-ring (bicyclic) bond motifs is 1. The molecule has 0 unspecified atom stereocenters. The van der Waals surface area contributed by atoms with Crippen molar-refractivity contribution in [2.24, 2.45) is 5.10 Å². The van der Waals surface area contributed by atoms with Crippen LogP contribution in [0, 0.1) is 3.57 Å². The van der Waals surface area contributed by atoms with Crippen LogP contribution in [0.25, 0.3) is 11.0 Å². The number of carbonyl (C=O) groups is 1. The molecule has 0 radical (unpaired) electrons. The first-order chi connectivity index (χ1) is 16.0. The van der Waals surface area contributed by atoms with Crippen LogP contribution in [0.4, 0.5) is 0 Å². The number of nitrogens with zero attached hydrogens (tertiary/aromatic N) is 1. The molecule has 0 aliphatic rings. The SMILES string of the molecule is CCOc1ccc2oc(C(=O)N/N=C/c3cc(Br)c(OCc4ccccc4)c(I)c3)cc2c1. The fourth-order valence-electron chi connectivity index (χ4n) is 3.13. The molecule has 0 fully saturated rings. The third kappa shape index (κ3) is 5.94. The average molecular weight is 619 g/mol. The van der Waals surface area contributed by atoms with E-state index < -0.39 is 5.91 Å². The quantitative estimate of drug-likeness (QED) is 0.138. The Morgan fingerprint density at radius 2 is 1.94 bits per heavy atom. The molecule has 1 aromatic heterocycles. The monoisotopic (exact) mass is 618 g/mol. The van der Waals surface area contributed by atoms with Gasteiger partial charge < -0.3 is 13.9 Å². The molecule has 0 aliphatic carbocycles. The van der Waals surface area contributed by atoms with E-state index in [1.165, 1.54) is 0 Å². The Balaban J connectivity index is 1.40. The Morgan fingerprint density at radius 3 is 2.70 bits per heavy atom. The molecule has 0 atom stereocenters. The van der Waals surface area contributed by atoms with Gasteiger partial charge in [0.25, 0.3) is 0 Å². The van der Waals surface area contributed by atoms with E-state index in [0.29, 0.717) is 18.8 Å². The van der Waals surface area contributed by atoms with Crippen LogP contribution in [0.1, 0.15) is 28.6 Å². The van der Waals surface area contributed by atoms with E-state index in [0.717, 1.165) is 36.1 Å². The molecular weight excluding hydrogens is 599 g/mol. The van der Waals surface area contributed by atoms with Crippen molar-refractivity contribution in [2.75, 3.05) is 6.61 Å². The highest BCUT2D eigenvalue weighted by Gasteiger charge is 2.13. The Hall–Kier alpha value is -2.85. The van der Waals surface area contributed by atoms with Gasteiger partial charge in [-0.1, -0.05) is 30.3 Å². The summed E-state index contributed by atoms with van der Waals surface area (Å²) in [5, 5.41) is 4.86. The van der Waals surface area contributed by atoms with Crippen LogP contribution in [0.15, 0.2) is 80.7 Å². The van der Waals surface area contributed by atoms with Gasteiger partial charge in [-0.05, 0) is 93.0 Å². The summed E-state index contributed by atoms with van der Waals surface area (Å²) < 4.78 is 18.8. The number of amides is 1. The van der Waals surface area contributed by atoms with Crippen LogP contribution in [0.2, 0.25) is 0 Å². The van der Waals surface area contributed by atoms with Gasteiger partial charge in [0.05, 0.1) is 20.9 Å². The molecule has 8 heteroatoms. The smallest absolute Gasteiger partial charge is 0.307 e. The summed E-state index contributed by atoms with van der Waals surface area (Å²) in [6.07, 6.45) is 1.57. The fourth-order valence-corrected chi connectivity index (χ4v) is 4.90.